The van der Waals surface area contributed by atoms with Crippen LogP contribution >= 0.6 is 22.6 Å². The molecule has 1 rings (SSSR count). The van der Waals surface area contributed by atoms with Crippen LogP contribution in [0.3, 0.4) is 0 Å². The Morgan fingerprint density at radius 3 is 2.42 bits per heavy atom. The molecule has 68 valence electrons. The molecule has 1 aliphatic rings. The first-order valence-electron chi connectivity index (χ1n) is 3.65. The fraction of sp³-hybridized carbons (Fsp3) is 0.571. The van der Waals surface area contributed by atoms with Crippen molar-refractivity contribution >= 4 is 36.8 Å². The number of hydrogen-bond acceptors (Lipinski definition) is 3. The fourth-order valence-electron chi connectivity index (χ4n) is 0.810. The second kappa shape index (κ2) is 3.37. The van der Waals surface area contributed by atoms with E-state index in [1.807, 2.05) is 0 Å². The lowest BCUT2D eigenvalue weighted by Crippen LogP contribution is -2.22. The normalized spacial score (nSPS) is 21.8. The van der Waals surface area contributed by atoms with Gasteiger partial charge in [0.2, 0.25) is 0 Å². The number of carbonyl (C=O) groups is 1. The van der Waals surface area contributed by atoms with E-state index in [1.165, 1.54) is 3.20 Å². The monoisotopic (exact) mass is 298 g/mol. The maximum absolute atomic E-state index is 10.6. The first-order chi connectivity index (χ1) is 5.41. The zero-order chi connectivity index (χ0) is 9.35. The Hall–Kier alpha value is -0.0431. The largest absolute Gasteiger partial charge is 0.514 e. The summed E-state index contributed by atoms with van der Waals surface area (Å²) in [5, 5.41) is 0. The van der Waals surface area contributed by atoms with Gasteiger partial charge in [-0.3, -0.25) is 0 Å². The molecule has 0 atom stereocenters. The van der Waals surface area contributed by atoms with Gasteiger partial charge >= 0.3 is 6.16 Å². The highest BCUT2D eigenvalue weighted by atomic mass is 127. The van der Waals surface area contributed by atoms with Crippen molar-refractivity contribution < 1.29 is 14.3 Å². The Balaban J connectivity index is 2.85. The average molecular weight is 298 g/mol. The zero-order valence-electron chi connectivity index (χ0n) is 7.31. The molecule has 5 heteroatoms. The van der Waals surface area contributed by atoms with Crippen LogP contribution in [0.4, 0.5) is 4.79 Å². The standard InChI is InChI=1S/C7H11IO3Si/c1-12(2,3)6(8)5-4-10-7(9)11-5/h4H2,1-3H3/b6-5-. The molecule has 0 aromatic rings. The van der Waals surface area contributed by atoms with Gasteiger partial charge in [0.1, 0.15) is 0 Å². The molecule has 0 spiro atoms. The molecule has 0 aromatic heterocycles. The highest BCUT2D eigenvalue weighted by molar-refractivity contribution is 14.1. The summed E-state index contributed by atoms with van der Waals surface area (Å²) in [7, 11) is -1.35. The lowest BCUT2D eigenvalue weighted by atomic mass is 10.6. The van der Waals surface area contributed by atoms with E-state index in [0.717, 1.165) is 0 Å². The van der Waals surface area contributed by atoms with E-state index < -0.39 is 14.2 Å². The predicted molar refractivity (Wildman–Crippen MR) is 56.8 cm³/mol. The molecule has 0 aliphatic carbocycles. The second-order valence-corrected chi connectivity index (χ2v) is 10.7. The number of halogens is 1. The Labute approximate surface area is 86.3 Å². The van der Waals surface area contributed by atoms with E-state index in [-0.39, 0.29) is 0 Å². The van der Waals surface area contributed by atoms with E-state index >= 15 is 0 Å². The minimum Gasteiger partial charge on any atom is -0.426 e. The average Bonchev–Trinajstić information content (AvgIpc) is 2.32. The van der Waals surface area contributed by atoms with Crippen LogP contribution in [-0.4, -0.2) is 20.8 Å². The minimum atomic E-state index is -1.35. The summed E-state index contributed by atoms with van der Waals surface area (Å²) < 4.78 is 10.7. The van der Waals surface area contributed by atoms with Crippen LogP contribution in [0, 0.1) is 0 Å². The molecule has 0 aromatic carbocycles. The van der Waals surface area contributed by atoms with Gasteiger partial charge in [-0.1, -0.05) is 42.2 Å². The SMILES string of the molecule is C[Si](C)(C)/C(I)=C1/COC(=O)O1. The molecule has 0 bridgehead atoms. The van der Waals surface area contributed by atoms with Gasteiger partial charge in [0.05, 0.1) is 8.07 Å². The summed E-state index contributed by atoms with van der Waals surface area (Å²) in [5.74, 6) is 0.708. The van der Waals surface area contributed by atoms with Crippen molar-refractivity contribution in [2.75, 3.05) is 6.61 Å². The summed E-state index contributed by atoms with van der Waals surface area (Å²) in [4.78, 5) is 10.6. The van der Waals surface area contributed by atoms with E-state index in [9.17, 15) is 4.79 Å². The Bertz CT molecular complexity index is 242. The lowest BCUT2D eigenvalue weighted by molar-refractivity contribution is 0.136. The number of carbonyl (C=O) groups excluding carboxylic acids is 1. The van der Waals surface area contributed by atoms with Crippen LogP contribution in [0.1, 0.15) is 0 Å². The van der Waals surface area contributed by atoms with Crippen molar-refractivity contribution in [2.24, 2.45) is 0 Å². The predicted octanol–water partition coefficient (Wildman–Crippen LogP) is 2.68. The number of hydrogen-bond donors (Lipinski definition) is 0. The summed E-state index contributed by atoms with van der Waals surface area (Å²) in [6.45, 7) is 6.91. The van der Waals surface area contributed by atoms with Crippen LogP contribution in [-0.2, 0) is 9.47 Å². The molecule has 0 radical (unpaired) electrons. The maximum atomic E-state index is 10.6. The van der Waals surface area contributed by atoms with Gasteiger partial charge in [-0.15, -0.1) is 0 Å². The van der Waals surface area contributed by atoms with Gasteiger partial charge in [-0.2, -0.15) is 0 Å². The highest BCUT2D eigenvalue weighted by Gasteiger charge is 2.28. The third-order valence-corrected chi connectivity index (χ3v) is 8.48. The van der Waals surface area contributed by atoms with Crippen LogP contribution in [0.5, 0.6) is 0 Å². The van der Waals surface area contributed by atoms with Gasteiger partial charge in [-0.25, -0.2) is 4.79 Å². The van der Waals surface area contributed by atoms with E-state index in [4.69, 9.17) is 4.74 Å². The third kappa shape index (κ3) is 2.22. The summed E-state index contributed by atoms with van der Waals surface area (Å²) in [5.41, 5.74) is 0. The molecular formula is C7H11IO3Si. The minimum absolute atomic E-state index is 0.307. The number of cyclic esters (lactones) is 2. The summed E-state index contributed by atoms with van der Waals surface area (Å²) in [6, 6.07) is 0. The van der Waals surface area contributed by atoms with Gasteiger partial charge in [-0.05, 0) is 0 Å². The smallest absolute Gasteiger partial charge is 0.426 e. The van der Waals surface area contributed by atoms with Crippen molar-refractivity contribution in [3.05, 3.63) is 8.96 Å². The quantitative estimate of drug-likeness (QED) is 0.424. The first kappa shape index (κ1) is 10.0. The van der Waals surface area contributed by atoms with Crippen molar-refractivity contribution in [1.29, 1.82) is 0 Å². The third-order valence-electron chi connectivity index (χ3n) is 1.43. The Morgan fingerprint density at radius 2 is 2.08 bits per heavy atom. The number of ether oxygens (including phenoxy) is 2. The molecule has 0 amide bonds. The topological polar surface area (TPSA) is 35.5 Å². The van der Waals surface area contributed by atoms with Crippen molar-refractivity contribution in [2.45, 2.75) is 19.6 Å². The molecule has 1 fully saturated rings. The highest BCUT2D eigenvalue weighted by Crippen LogP contribution is 2.28. The van der Waals surface area contributed by atoms with E-state index in [1.54, 1.807) is 0 Å². The molecule has 0 N–H and O–H groups in total. The van der Waals surface area contributed by atoms with Gasteiger partial charge in [0.15, 0.2) is 12.4 Å². The Morgan fingerprint density at radius 1 is 1.50 bits per heavy atom. The summed E-state index contributed by atoms with van der Waals surface area (Å²) in [6.07, 6.45) is -0.572. The molecule has 1 saturated heterocycles. The van der Waals surface area contributed by atoms with Crippen LogP contribution in [0.15, 0.2) is 8.96 Å². The Kier molecular flexibility index (Phi) is 2.82. The molecule has 12 heavy (non-hydrogen) atoms. The lowest BCUT2D eigenvalue weighted by Gasteiger charge is -2.15. The molecule has 1 aliphatic heterocycles. The molecule has 3 nitrogen and oxygen atoms in total. The van der Waals surface area contributed by atoms with E-state index in [0.29, 0.717) is 12.4 Å². The van der Waals surface area contributed by atoms with Gasteiger partial charge in [0.25, 0.3) is 0 Å². The fourth-order valence-corrected chi connectivity index (χ4v) is 2.04. The second-order valence-electron chi connectivity index (χ2n) is 3.63. The first-order valence-corrected chi connectivity index (χ1v) is 8.23. The van der Waals surface area contributed by atoms with Crippen LogP contribution in [0.2, 0.25) is 19.6 Å². The summed E-state index contributed by atoms with van der Waals surface area (Å²) >= 11 is 2.24. The van der Waals surface area contributed by atoms with Gasteiger partial charge < -0.3 is 9.47 Å². The molecule has 0 saturated carbocycles. The number of rotatable bonds is 1. The van der Waals surface area contributed by atoms with Gasteiger partial charge in [0, 0.05) is 3.20 Å². The van der Waals surface area contributed by atoms with Crippen molar-refractivity contribution in [3.63, 3.8) is 0 Å². The molecule has 0 unspecified atom stereocenters. The van der Waals surface area contributed by atoms with Crippen LogP contribution < -0.4 is 0 Å². The van der Waals surface area contributed by atoms with E-state index in [2.05, 4.69) is 47.0 Å². The molecular weight excluding hydrogens is 287 g/mol. The van der Waals surface area contributed by atoms with Crippen molar-refractivity contribution in [1.82, 2.24) is 0 Å². The molecule has 1 heterocycles. The van der Waals surface area contributed by atoms with Crippen LogP contribution in [0.25, 0.3) is 0 Å². The van der Waals surface area contributed by atoms with Crippen molar-refractivity contribution in [3.8, 4) is 0 Å². The zero-order valence-corrected chi connectivity index (χ0v) is 10.5. The maximum Gasteiger partial charge on any atom is 0.514 e.